The summed E-state index contributed by atoms with van der Waals surface area (Å²) in [5.74, 6) is 0. The zero-order valence-electron chi connectivity index (χ0n) is 8.39. The summed E-state index contributed by atoms with van der Waals surface area (Å²) < 4.78 is 0. The van der Waals surface area contributed by atoms with Crippen LogP contribution in [0, 0.1) is 0 Å². The highest BCUT2D eigenvalue weighted by Gasteiger charge is 2.24. The Morgan fingerprint density at radius 1 is 1.36 bits per heavy atom. The van der Waals surface area contributed by atoms with Crippen LogP contribution in [0.1, 0.15) is 34.1 Å². The Bertz CT molecular complexity index is 110. The predicted octanol–water partition coefficient (Wildman–Crippen LogP) is 1.49. The first-order valence-corrected chi connectivity index (χ1v) is 4.25. The Morgan fingerprint density at radius 3 is 2.09 bits per heavy atom. The fourth-order valence-corrected chi connectivity index (χ4v) is 1.15. The van der Waals surface area contributed by atoms with Crippen LogP contribution >= 0.6 is 0 Å². The van der Waals surface area contributed by atoms with Gasteiger partial charge in [0.05, 0.1) is 0 Å². The minimum atomic E-state index is 0.114. The SMILES string of the molecule is CC(C)N(C)C(C)(C)CCO. The quantitative estimate of drug-likeness (QED) is 0.671. The minimum Gasteiger partial charge on any atom is -0.396 e. The third-order valence-corrected chi connectivity index (χ3v) is 2.45. The Kier molecular flexibility index (Phi) is 4.04. The number of aliphatic hydroxyl groups is 1. The lowest BCUT2D eigenvalue weighted by atomic mass is 9.98. The van der Waals surface area contributed by atoms with E-state index in [1.807, 2.05) is 0 Å². The molecule has 0 aromatic heterocycles. The third-order valence-electron chi connectivity index (χ3n) is 2.45. The van der Waals surface area contributed by atoms with Gasteiger partial charge in [0.25, 0.3) is 0 Å². The van der Waals surface area contributed by atoms with E-state index in [2.05, 4.69) is 39.6 Å². The first kappa shape index (κ1) is 10.9. The van der Waals surface area contributed by atoms with Gasteiger partial charge in [-0.25, -0.2) is 0 Å². The molecule has 2 nitrogen and oxygen atoms in total. The van der Waals surface area contributed by atoms with Gasteiger partial charge in [-0.2, -0.15) is 0 Å². The molecule has 1 N–H and O–H groups in total. The standard InChI is InChI=1S/C9H21NO/c1-8(2)10(5)9(3,4)6-7-11/h8,11H,6-7H2,1-5H3. The van der Waals surface area contributed by atoms with Gasteiger partial charge < -0.3 is 5.11 Å². The number of rotatable bonds is 4. The number of aliphatic hydroxyl groups excluding tert-OH is 1. The van der Waals surface area contributed by atoms with Crippen molar-refractivity contribution in [2.24, 2.45) is 0 Å². The Morgan fingerprint density at radius 2 is 1.82 bits per heavy atom. The molecule has 68 valence electrons. The van der Waals surface area contributed by atoms with Crippen molar-refractivity contribution >= 4 is 0 Å². The molecule has 0 radical (unpaired) electrons. The van der Waals surface area contributed by atoms with Crippen molar-refractivity contribution in [1.29, 1.82) is 0 Å². The second-order valence-electron chi connectivity index (χ2n) is 3.99. The van der Waals surface area contributed by atoms with E-state index in [1.165, 1.54) is 0 Å². The molecule has 0 amide bonds. The van der Waals surface area contributed by atoms with Crippen LogP contribution in [0.25, 0.3) is 0 Å². The molecule has 0 saturated carbocycles. The van der Waals surface area contributed by atoms with Crippen LogP contribution in [0.15, 0.2) is 0 Å². The molecule has 0 aliphatic rings. The van der Waals surface area contributed by atoms with Crippen LogP contribution in [0.3, 0.4) is 0 Å². The van der Waals surface area contributed by atoms with Gasteiger partial charge in [-0.05, 0) is 41.2 Å². The van der Waals surface area contributed by atoms with Gasteiger partial charge in [0.1, 0.15) is 0 Å². The number of nitrogens with zero attached hydrogens (tertiary/aromatic N) is 1. The summed E-state index contributed by atoms with van der Waals surface area (Å²) in [6.07, 6.45) is 0.835. The highest BCUT2D eigenvalue weighted by atomic mass is 16.3. The van der Waals surface area contributed by atoms with Gasteiger partial charge >= 0.3 is 0 Å². The summed E-state index contributed by atoms with van der Waals surface area (Å²) in [4.78, 5) is 2.28. The van der Waals surface area contributed by atoms with E-state index in [0.717, 1.165) is 6.42 Å². The monoisotopic (exact) mass is 159 g/mol. The molecule has 0 heterocycles. The van der Waals surface area contributed by atoms with E-state index in [9.17, 15) is 0 Å². The summed E-state index contributed by atoms with van der Waals surface area (Å²) in [6.45, 7) is 8.91. The largest absolute Gasteiger partial charge is 0.396 e. The van der Waals surface area contributed by atoms with Gasteiger partial charge in [0.2, 0.25) is 0 Å². The predicted molar refractivity (Wildman–Crippen MR) is 48.7 cm³/mol. The van der Waals surface area contributed by atoms with Crippen molar-refractivity contribution in [3.05, 3.63) is 0 Å². The molecule has 0 aromatic rings. The highest BCUT2D eigenvalue weighted by molar-refractivity contribution is 4.80. The van der Waals surface area contributed by atoms with Crippen molar-refractivity contribution < 1.29 is 5.11 Å². The Hall–Kier alpha value is -0.0800. The number of hydrogen-bond donors (Lipinski definition) is 1. The van der Waals surface area contributed by atoms with E-state index >= 15 is 0 Å². The topological polar surface area (TPSA) is 23.5 Å². The molecule has 0 aliphatic heterocycles. The average molecular weight is 159 g/mol. The van der Waals surface area contributed by atoms with E-state index in [4.69, 9.17) is 5.11 Å². The fraction of sp³-hybridized carbons (Fsp3) is 1.00. The van der Waals surface area contributed by atoms with E-state index in [-0.39, 0.29) is 12.1 Å². The molecule has 0 rings (SSSR count). The van der Waals surface area contributed by atoms with E-state index < -0.39 is 0 Å². The van der Waals surface area contributed by atoms with Crippen molar-refractivity contribution in [3.8, 4) is 0 Å². The van der Waals surface area contributed by atoms with Gasteiger partial charge in [-0.15, -0.1) is 0 Å². The molecule has 0 spiro atoms. The van der Waals surface area contributed by atoms with Crippen molar-refractivity contribution in [3.63, 3.8) is 0 Å². The zero-order valence-corrected chi connectivity index (χ0v) is 8.39. The Labute approximate surface area is 70.2 Å². The first-order chi connectivity index (χ1) is 4.91. The van der Waals surface area contributed by atoms with Gasteiger partial charge in [0, 0.05) is 18.2 Å². The summed E-state index contributed by atoms with van der Waals surface area (Å²) in [5.41, 5.74) is 0.114. The smallest absolute Gasteiger partial charge is 0.0448 e. The molecular weight excluding hydrogens is 138 g/mol. The van der Waals surface area contributed by atoms with Gasteiger partial charge in [-0.1, -0.05) is 0 Å². The maximum Gasteiger partial charge on any atom is 0.0448 e. The molecule has 0 saturated heterocycles. The fourth-order valence-electron chi connectivity index (χ4n) is 1.15. The highest BCUT2D eigenvalue weighted by Crippen LogP contribution is 2.18. The summed E-state index contributed by atoms with van der Waals surface area (Å²) >= 11 is 0. The molecule has 0 aromatic carbocycles. The molecule has 2 heteroatoms. The minimum absolute atomic E-state index is 0.114. The van der Waals surface area contributed by atoms with Crippen LogP contribution in [0.5, 0.6) is 0 Å². The van der Waals surface area contributed by atoms with Crippen LogP contribution < -0.4 is 0 Å². The maximum atomic E-state index is 8.81. The average Bonchev–Trinajstić information content (AvgIpc) is 1.86. The summed E-state index contributed by atoms with van der Waals surface area (Å²) in [7, 11) is 2.10. The van der Waals surface area contributed by atoms with Crippen LogP contribution in [-0.4, -0.2) is 35.2 Å². The normalized spacial score (nSPS) is 13.1. The summed E-state index contributed by atoms with van der Waals surface area (Å²) in [6, 6.07) is 0.538. The van der Waals surface area contributed by atoms with Crippen LogP contribution in [0.2, 0.25) is 0 Å². The van der Waals surface area contributed by atoms with Crippen LogP contribution in [-0.2, 0) is 0 Å². The van der Waals surface area contributed by atoms with Crippen molar-refractivity contribution in [2.45, 2.75) is 45.7 Å². The first-order valence-electron chi connectivity index (χ1n) is 4.25. The van der Waals surface area contributed by atoms with Crippen molar-refractivity contribution in [2.75, 3.05) is 13.7 Å². The second-order valence-corrected chi connectivity index (χ2v) is 3.99. The zero-order chi connectivity index (χ0) is 9.07. The molecule has 11 heavy (non-hydrogen) atoms. The Balaban J connectivity index is 4.05. The molecule has 0 fully saturated rings. The third kappa shape index (κ3) is 3.21. The molecule has 0 atom stereocenters. The van der Waals surface area contributed by atoms with Gasteiger partial charge in [-0.3, -0.25) is 4.90 Å². The number of hydrogen-bond acceptors (Lipinski definition) is 2. The van der Waals surface area contributed by atoms with Crippen molar-refractivity contribution in [1.82, 2.24) is 4.90 Å². The lowest BCUT2D eigenvalue weighted by Crippen LogP contribution is -2.45. The van der Waals surface area contributed by atoms with E-state index in [0.29, 0.717) is 6.04 Å². The lowest BCUT2D eigenvalue weighted by molar-refractivity contribution is 0.0886. The second kappa shape index (κ2) is 4.07. The molecule has 0 bridgehead atoms. The molecular formula is C9H21NO. The van der Waals surface area contributed by atoms with Crippen LogP contribution in [0.4, 0.5) is 0 Å². The maximum absolute atomic E-state index is 8.81. The summed E-state index contributed by atoms with van der Waals surface area (Å²) in [5, 5.41) is 8.81. The molecule has 0 aliphatic carbocycles. The van der Waals surface area contributed by atoms with Gasteiger partial charge in [0.15, 0.2) is 0 Å². The molecule has 0 unspecified atom stereocenters. The van der Waals surface area contributed by atoms with E-state index in [1.54, 1.807) is 0 Å². The lowest BCUT2D eigenvalue weighted by Gasteiger charge is -2.38.